The molecule has 0 spiro atoms. The van der Waals surface area contributed by atoms with E-state index in [2.05, 4.69) is 5.32 Å². The second kappa shape index (κ2) is 5.16. The molecule has 1 heterocycles. The zero-order chi connectivity index (χ0) is 12.3. The van der Waals surface area contributed by atoms with E-state index in [1.807, 2.05) is 6.92 Å². The monoisotopic (exact) mass is 228 g/mol. The Kier molecular flexibility index (Phi) is 4.35. The molecule has 3 unspecified atom stereocenters. The highest BCUT2D eigenvalue weighted by atomic mass is 16.4. The van der Waals surface area contributed by atoms with E-state index in [0.29, 0.717) is 12.9 Å². The van der Waals surface area contributed by atoms with E-state index in [1.165, 1.54) is 0 Å². The Morgan fingerprint density at radius 2 is 2.31 bits per heavy atom. The molecule has 3 atom stereocenters. The maximum absolute atomic E-state index is 11.1. The number of carbonyl (C=O) groups is 1. The lowest BCUT2D eigenvalue weighted by Crippen LogP contribution is -2.47. The summed E-state index contributed by atoms with van der Waals surface area (Å²) in [4.78, 5) is 11.1. The molecule has 1 saturated heterocycles. The number of aliphatic carboxylic acids is 1. The van der Waals surface area contributed by atoms with E-state index < -0.39 is 17.4 Å². The van der Waals surface area contributed by atoms with Crippen LogP contribution < -0.4 is 11.1 Å². The number of carboxylic acids is 1. The van der Waals surface area contributed by atoms with Gasteiger partial charge >= 0.3 is 5.97 Å². The highest BCUT2D eigenvalue weighted by molar-refractivity contribution is 6.48. The fourth-order valence-corrected chi connectivity index (χ4v) is 2.40. The van der Waals surface area contributed by atoms with Gasteiger partial charge in [0.25, 0.3) is 6.92 Å². The SMILES string of the molecule is CB(O)CCCC1(C)C(N)CNC1C(=O)O. The van der Waals surface area contributed by atoms with E-state index in [1.54, 1.807) is 6.82 Å². The molecule has 1 fully saturated rings. The van der Waals surface area contributed by atoms with E-state index in [9.17, 15) is 9.82 Å². The van der Waals surface area contributed by atoms with Crippen molar-refractivity contribution in [1.82, 2.24) is 5.32 Å². The first-order valence-electron chi connectivity index (χ1n) is 5.77. The number of hydrogen-bond donors (Lipinski definition) is 4. The highest BCUT2D eigenvalue weighted by Gasteiger charge is 2.48. The molecule has 1 rings (SSSR count). The molecule has 0 radical (unpaired) electrons. The van der Waals surface area contributed by atoms with Crippen molar-refractivity contribution in [2.75, 3.05) is 6.54 Å². The molecule has 5 N–H and O–H groups in total. The van der Waals surface area contributed by atoms with Gasteiger partial charge in [-0.3, -0.25) is 4.79 Å². The second-order valence-electron chi connectivity index (χ2n) is 5.03. The van der Waals surface area contributed by atoms with Gasteiger partial charge in [0.05, 0.1) is 0 Å². The molecule has 0 bridgehead atoms. The van der Waals surface area contributed by atoms with Gasteiger partial charge in [0, 0.05) is 18.0 Å². The summed E-state index contributed by atoms with van der Waals surface area (Å²) < 4.78 is 0. The van der Waals surface area contributed by atoms with Crippen molar-refractivity contribution in [3.05, 3.63) is 0 Å². The minimum absolute atomic E-state index is 0.136. The fraction of sp³-hybridized carbons (Fsp3) is 0.900. The van der Waals surface area contributed by atoms with Crippen LogP contribution in [-0.2, 0) is 4.79 Å². The molecule has 0 aliphatic carbocycles. The molecule has 0 aromatic heterocycles. The van der Waals surface area contributed by atoms with Crippen LogP contribution in [0.3, 0.4) is 0 Å². The first kappa shape index (κ1) is 13.5. The zero-order valence-electron chi connectivity index (χ0n) is 9.94. The maximum atomic E-state index is 11.1. The van der Waals surface area contributed by atoms with Gasteiger partial charge in [-0.25, -0.2) is 0 Å². The summed E-state index contributed by atoms with van der Waals surface area (Å²) in [6.07, 6.45) is 2.21. The summed E-state index contributed by atoms with van der Waals surface area (Å²) in [6, 6.07) is -0.709. The lowest BCUT2D eigenvalue weighted by atomic mass is 9.64. The number of nitrogens with two attached hydrogens (primary N) is 1. The van der Waals surface area contributed by atoms with Gasteiger partial charge in [0.15, 0.2) is 0 Å². The average Bonchev–Trinajstić information content (AvgIpc) is 2.43. The lowest BCUT2D eigenvalue weighted by Gasteiger charge is -2.32. The number of carboxylic acid groups (broad SMARTS) is 1. The van der Waals surface area contributed by atoms with Gasteiger partial charge in [0.2, 0.25) is 0 Å². The van der Waals surface area contributed by atoms with Crippen LogP contribution in [0.2, 0.25) is 13.1 Å². The van der Waals surface area contributed by atoms with Crippen molar-refractivity contribution in [2.45, 2.75) is 45.0 Å². The minimum Gasteiger partial charge on any atom is -0.480 e. The van der Waals surface area contributed by atoms with Crippen LogP contribution in [0.4, 0.5) is 0 Å². The predicted octanol–water partition coefficient (Wildman–Crippen LogP) is -0.230. The molecule has 1 aliphatic heterocycles. The van der Waals surface area contributed by atoms with Gasteiger partial charge in [-0.2, -0.15) is 0 Å². The molecule has 92 valence electrons. The molecule has 0 aromatic rings. The van der Waals surface area contributed by atoms with Crippen LogP contribution in [0, 0.1) is 5.41 Å². The van der Waals surface area contributed by atoms with E-state index in [0.717, 1.165) is 12.8 Å². The van der Waals surface area contributed by atoms with Gasteiger partial charge < -0.3 is 21.2 Å². The lowest BCUT2D eigenvalue weighted by molar-refractivity contribution is -0.141. The number of nitrogens with one attached hydrogen (secondary N) is 1. The Balaban J connectivity index is 2.60. The summed E-state index contributed by atoms with van der Waals surface area (Å²) in [5.74, 6) is -0.840. The normalized spacial score (nSPS) is 34.0. The maximum Gasteiger partial charge on any atom is 0.321 e. The summed E-state index contributed by atoms with van der Waals surface area (Å²) in [5, 5.41) is 21.2. The van der Waals surface area contributed by atoms with Crippen molar-refractivity contribution in [1.29, 1.82) is 0 Å². The van der Waals surface area contributed by atoms with Crippen LogP contribution in [0.15, 0.2) is 0 Å². The largest absolute Gasteiger partial charge is 0.480 e. The van der Waals surface area contributed by atoms with Gasteiger partial charge in [-0.05, 0) is 12.7 Å². The predicted molar refractivity (Wildman–Crippen MR) is 63.4 cm³/mol. The van der Waals surface area contributed by atoms with Crippen LogP contribution in [0.1, 0.15) is 19.8 Å². The first-order valence-corrected chi connectivity index (χ1v) is 5.77. The molecule has 16 heavy (non-hydrogen) atoms. The Bertz CT molecular complexity index is 262. The third-order valence-corrected chi connectivity index (χ3v) is 3.63. The van der Waals surface area contributed by atoms with E-state index in [4.69, 9.17) is 10.8 Å². The van der Waals surface area contributed by atoms with Crippen LogP contribution in [-0.4, -0.2) is 41.6 Å². The van der Waals surface area contributed by atoms with Crippen LogP contribution in [0.5, 0.6) is 0 Å². The Hall–Kier alpha value is -0.585. The van der Waals surface area contributed by atoms with Crippen molar-refractivity contribution in [3.8, 4) is 0 Å². The average molecular weight is 228 g/mol. The molecule has 6 heteroatoms. The second-order valence-corrected chi connectivity index (χ2v) is 5.03. The van der Waals surface area contributed by atoms with Crippen LogP contribution in [0.25, 0.3) is 0 Å². The number of rotatable bonds is 5. The minimum atomic E-state index is -0.840. The third-order valence-electron chi connectivity index (χ3n) is 3.63. The standard InChI is InChI=1S/C10H21BN2O3/c1-10(4-3-5-11(2)16)7(12)6-13-8(10)9(14)15/h7-8,13,16H,3-6,12H2,1-2H3,(H,14,15). The Morgan fingerprint density at radius 3 is 2.81 bits per heavy atom. The fourth-order valence-electron chi connectivity index (χ4n) is 2.40. The van der Waals surface area contributed by atoms with Crippen molar-refractivity contribution in [2.24, 2.45) is 11.1 Å². The summed E-state index contributed by atoms with van der Waals surface area (Å²) in [7, 11) is 0. The van der Waals surface area contributed by atoms with Gasteiger partial charge in [0.1, 0.15) is 6.04 Å². The molecule has 5 nitrogen and oxygen atoms in total. The van der Waals surface area contributed by atoms with E-state index >= 15 is 0 Å². The molecule has 0 saturated carbocycles. The topological polar surface area (TPSA) is 95.6 Å². The van der Waals surface area contributed by atoms with Crippen LogP contribution >= 0.6 is 0 Å². The highest BCUT2D eigenvalue weighted by Crippen LogP contribution is 2.35. The molecular formula is C10H21BN2O3. The van der Waals surface area contributed by atoms with Crippen molar-refractivity contribution < 1.29 is 14.9 Å². The zero-order valence-corrected chi connectivity index (χ0v) is 9.94. The first-order chi connectivity index (χ1) is 7.38. The van der Waals surface area contributed by atoms with Gasteiger partial charge in [-0.1, -0.05) is 20.2 Å². The third kappa shape index (κ3) is 2.75. The quantitative estimate of drug-likeness (QED) is 0.487. The molecule has 1 aliphatic rings. The Morgan fingerprint density at radius 1 is 1.69 bits per heavy atom. The molecular weight excluding hydrogens is 207 g/mol. The van der Waals surface area contributed by atoms with Gasteiger partial charge in [-0.15, -0.1) is 0 Å². The molecule has 0 aromatic carbocycles. The smallest absolute Gasteiger partial charge is 0.321 e. The summed E-state index contributed by atoms with van der Waals surface area (Å²) in [6.45, 7) is 3.86. The summed E-state index contributed by atoms with van der Waals surface area (Å²) >= 11 is 0. The van der Waals surface area contributed by atoms with Crippen molar-refractivity contribution in [3.63, 3.8) is 0 Å². The Labute approximate surface area is 96.5 Å². The summed E-state index contributed by atoms with van der Waals surface area (Å²) in [5.41, 5.74) is 5.55. The van der Waals surface area contributed by atoms with E-state index in [-0.39, 0.29) is 13.0 Å². The molecule has 0 amide bonds. The number of hydrogen-bond acceptors (Lipinski definition) is 4. The van der Waals surface area contributed by atoms with Crippen molar-refractivity contribution >= 4 is 12.9 Å².